The monoisotopic (exact) mass is 435 g/mol. The van der Waals surface area contributed by atoms with Crippen molar-refractivity contribution in [2.45, 2.75) is 19.0 Å². The van der Waals surface area contributed by atoms with Crippen molar-refractivity contribution in [1.82, 2.24) is 24.7 Å². The van der Waals surface area contributed by atoms with E-state index < -0.39 is 0 Å². The Kier molecular flexibility index (Phi) is 6.25. The van der Waals surface area contributed by atoms with E-state index in [1.54, 1.807) is 7.11 Å². The van der Waals surface area contributed by atoms with Gasteiger partial charge in [0.2, 0.25) is 0 Å². The number of rotatable bonds is 7. The highest BCUT2D eigenvalue weighted by Crippen LogP contribution is 2.40. The van der Waals surface area contributed by atoms with E-state index in [0.717, 1.165) is 35.3 Å². The summed E-state index contributed by atoms with van der Waals surface area (Å²) in [4.78, 5) is 9.12. The van der Waals surface area contributed by atoms with Crippen LogP contribution in [0.15, 0.2) is 60.8 Å². The molecule has 3 aromatic rings. The van der Waals surface area contributed by atoms with E-state index in [0.29, 0.717) is 0 Å². The van der Waals surface area contributed by atoms with Crippen molar-refractivity contribution in [3.8, 4) is 11.4 Å². The molecule has 3 heterocycles. The Hall–Kier alpha value is -2.90. The van der Waals surface area contributed by atoms with Gasteiger partial charge in [0.25, 0.3) is 0 Å². The van der Waals surface area contributed by atoms with Gasteiger partial charge in [-0.15, -0.1) is 0 Å². The molecule has 0 amide bonds. The lowest BCUT2D eigenvalue weighted by atomic mass is 10.0. The minimum absolute atomic E-state index is 0.0258. The van der Waals surface area contributed by atoms with Crippen LogP contribution in [0.5, 0.6) is 5.75 Å². The van der Waals surface area contributed by atoms with Crippen molar-refractivity contribution in [2.24, 2.45) is 0 Å². The molecule has 7 heteroatoms. The van der Waals surface area contributed by atoms with Gasteiger partial charge < -0.3 is 24.4 Å². The number of nitrogens with zero attached hydrogens (tertiary/aromatic N) is 4. The van der Waals surface area contributed by atoms with Crippen LogP contribution < -0.4 is 10.1 Å². The Morgan fingerprint density at radius 1 is 1.10 bits per heavy atom. The number of hydrogen-bond acceptors (Lipinski definition) is 4. The van der Waals surface area contributed by atoms with Gasteiger partial charge in [0, 0.05) is 36.4 Å². The predicted molar refractivity (Wildman–Crippen MR) is 128 cm³/mol. The summed E-state index contributed by atoms with van der Waals surface area (Å²) in [6, 6.07) is 18.6. The van der Waals surface area contributed by atoms with Gasteiger partial charge >= 0.3 is 0 Å². The number of benzene rings is 1. The van der Waals surface area contributed by atoms with E-state index in [9.17, 15) is 0 Å². The lowest BCUT2D eigenvalue weighted by molar-refractivity contribution is 0.272. The van der Waals surface area contributed by atoms with Gasteiger partial charge in [-0.05, 0) is 81.8 Å². The Bertz CT molecular complexity index is 1030. The highest BCUT2D eigenvalue weighted by Gasteiger charge is 2.41. The zero-order chi connectivity index (χ0) is 22.0. The third-order valence-electron chi connectivity index (χ3n) is 5.73. The first kappa shape index (κ1) is 21.3. The van der Waals surface area contributed by atoms with E-state index in [2.05, 4.69) is 76.0 Å². The molecule has 1 saturated heterocycles. The van der Waals surface area contributed by atoms with Crippen molar-refractivity contribution >= 4 is 17.3 Å². The maximum Gasteiger partial charge on any atom is 0.170 e. The van der Waals surface area contributed by atoms with Crippen LogP contribution in [0.3, 0.4) is 0 Å². The first-order valence-electron chi connectivity index (χ1n) is 10.4. The first-order chi connectivity index (χ1) is 15.0. The van der Waals surface area contributed by atoms with E-state index in [4.69, 9.17) is 17.0 Å². The molecule has 2 atom stereocenters. The number of methoxy groups -OCH3 is 1. The first-order valence-corrected chi connectivity index (χ1v) is 10.9. The minimum atomic E-state index is -0.0258. The summed E-state index contributed by atoms with van der Waals surface area (Å²) < 4.78 is 7.65. The minimum Gasteiger partial charge on any atom is -0.497 e. The molecule has 4 rings (SSSR count). The average Bonchev–Trinajstić information content (AvgIpc) is 3.32. The number of aromatic nitrogens is 2. The van der Waals surface area contributed by atoms with Crippen molar-refractivity contribution < 1.29 is 4.74 Å². The Morgan fingerprint density at radius 2 is 1.87 bits per heavy atom. The van der Waals surface area contributed by atoms with Gasteiger partial charge in [0.15, 0.2) is 5.11 Å². The summed E-state index contributed by atoms with van der Waals surface area (Å²) in [6.07, 6.45) is 1.84. The molecule has 0 radical (unpaired) electrons. The Morgan fingerprint density at radius 3 is 2.52 bits per heavy atom. The van der Waals surface area contributed by atoms with Crippen LogP contribution in [-0.4, -0.2) is 58.8 Å². The number of ether oxygens (including phenoxy) is 1. The average molecular weight is 436 g/mol. The van der Waals surface area contributed by atoms with Crippen LogP contribution in [0.4, 0.5) is 0 Å². The van der Waals surface area contributed by atoms with Gasteiger partial charge in [-0.1, -0.05) is 6.07 Å². The fraction of sp³-hybridized carbons (Fsp3) is 0.333. The Balaban J connectivity index is 1.80. The molecule has 2 aromatic heterocycles. The molecule has 1 aromatic carbocycles. The summed E-state index contributed by atoms with van der Waals surface area (Å²) in [7, 11) is 5.86. The molecule has 31 heavy (non-hydrogen) atoms. The van der Waals surface area contributed by atoms with E-state index >= 15 is 0 Å². The smallest absolute Gasteiger partial charge is 0.170 e. The molecule has 0 unspecified atom stereocenters. The van der Waals surface area contributed by atoms with Crippen molar-refractivity contribution in [3.63, 3.8) is 0 Å². The zero-order valence-electron chi connectivity index (χ0n) is 18.4. The van der Waals surface area contributed by atoms with Gasteiger partial charge in [-0.3, -0.25) is 4.98 Å². The quantitative estimate of drug-likeness (QED) is 0.571. The number of likely N-dealkylation sites (N-methyl/N-ethyl adjacent to an activating group) is 1. The number of nitrogens with one attached hydrogen (secondary N) is 1. The Labute approximate surface area is 189 Å². The molecule has 1 fully saturated rings. The van der Waals surface area contributed by atoms with E-state index in [1.807, 2.05) is 30.5 Å². The highest BCUT2D eigenvalue weighted by atomic mass is 32.1. The lowest BCUT2D eigenvalue weighted by Gasteiger charge is -2.30. The fourth-order valence-electron chi connectivity index (χ4n) is 4.15. The second-order valence-electron chi connectivity index (χ2n) is 8.06. The molecule has 0 bridgehead atoms. The molecule has 1 N–H and O–H groups in total. The zero-order valence-corrected chi connectivity index (χ0v) is 19.3. The predicted octanol–water partition coefficient (Wildman–Crippen LogP) is 3.72. The molecule has 1 aliphatic rings. The summed E-state index contributed by atoms with van der Waals surface area (Å²) in [5.74, 6) is 0.845. The second kappa shape index (κ2) is 9.08. The number of pyridine rings is 1. The lowest BCUT2D eigenvalue weighted by Crippen LogP contribution is -2.36. The van der Waals surface area contributed by atoms with Crippen LogP contribution in [0.2, 0.25) is 0 Å². The number of hydrogen-bond donors (Lipinski definition) is 1. The summed E-state index contributed by atoms with van der Waals surface area (Å²) in [5.41, 5.74) is 4.44. The third-order valence-corrected chi connectivity index (χ3v) is 6.08. The van der Waals surface area contributed by atoms with Crippen molar-refractivity contribution in [3.05, 3.63) is 77.9 Å². The summed E-state index contributed by atoms with van der Waals surface area (Å²) in [5, 5.41) is 4.31. The van der Waals surface area contributed by atoms with Gasteiger partial charge in [0.05, 0.1) is 24.9 Å². The van der Waals surface area contributed by atoms with Crippen LogP contribution >= 0.6 is 12.2 Å². The number of aryl methyl sites for hydroxylation is 1. The van der Waals surface area contributed by atoms with E-state index in [-0.39, 0.29) is 12.1 Å². The molecular weight excluding hydrogens is 406 g/mol. The number of thiocarbonyl (C=S) groups is 1. The van der Waals surface area contributed by atoms with Crippen LogP contribution in [0.25, 0.3) is 5.69 Å². The molecule has 0 aliphatic carbocycles. The van der Waals surface area contributed by atoms with Gasteiger partial charge in [-0.2, -0.15) is 0 Å². The SMILES string of the molecule is COc1ccc(-n2c(C)ccc2[C@H]2[C@H](c3ccccn3)NC(=S)N2CCN(C)C)cc1. The summed E-state index contributed by atoms with van der Waals surface area (Å²) in [6.45, 7) is 3.88. The van der Waals surface area contributed by atoms with E-state index in [1.165, 1.54) is 11.4 Å². The largest absolute Gasteiger partial charge is 0.497 e. The standard InChI is InChI=1S/C24H29N5OS/c1-17-8-13-21(29(17)18-9-11-19(30-4)12-10-18)23-22(20-7-5-6-14-25-20)26-24(31)28(23)16-15-27(2)3/h5-14,22-23H,15-16H2,1-4H3,(H,26,31)/t22-,23-/m0/s1. The molecule has 0 spiro atoms. The molecule has 1 aliphatic heterocycles. The maximum absolute atomic E-state index is 5.79. The van der Waals surface area contributed by atoms with Gasteiger partial charge in [-0.25, -0.2) is 0 Å². The van der Waals surface area contributed by atoms with Crippen LogP contribution in [0, 0.1) is 6.92 Å². The fourth-order valence-corrected chi connectivity index (χ4v) is 4.48. The van der Waals surface area contributed by atoms with Crippen molar-refractivity contribution in [2.75, 3.05) is 34.3 Å². The van der Waals surface area contributed by atoms with Crippen LogP contribution in [0.1, 0.15) is 29.2 Å². The molecule has 6 nitrogen and oxygen atoms in total. The summed E-state index contributed by atoms with van der Waals surface area (Å²) >= 11 is 5.79. The normalized spacial score (nSPS) is 18.5. The molecule has 162 valence electrons. The molecular formula is C24H29N5OS. The van der Waals surface area contributed by atoms with Crippen molar-refractivity contribution in [1.29, 1.82) is 0 Å². The van der Waals surface area contributed by atoms with Gasteiger partial charge in [0.1, 0.15) is 5.75 Å². The highest BCUT2D eigenvalue weighted by molar-refractivity contribution is 7.80. The topological polar surface area (TPSA) is 45.6 Å². The molecule has 0 saturated carbocycles. The second-order valence-corrected chi connectivity index (χ2v) is 8.44. The third kappa shape index (κ3) is 4.29. The van der Waals surface area contributed by atoms with Crippen LogP contribution in [-0.2, 0) is 0 Å². The maximum atomic E-state index is 5.79.